The molecule has 0 spiro atoms. The fourth-order valence-corrected chi connectivity index (χ4v) is 2.22. The molecule has 0 aliphatic heterocycles. The van der Waals surface area contributed by atoms with Crippen molar-refractivity contribution in [2.75, 3.05) is 6.61 Å². The number of carboxylic acids is 1. The first-order valence-electron chi connectivity index (χ1n) is 5.64. The first-order valence-corrected chi connectivity index (χ1v) is 5.64. The van der Waals surface area contributed by atoms with Gasteiger partial charge in [0.05, 0.1) is 6.10 Å². The molecule has 1 aromatic rings. The summed E-state index contributed by atoms with van der Waals surface area (Å²) >= 11 is 0. The van der Waals surface area contributed by atoms with Crippen LogP contribution in [0.4, 0.5) is 0 Å². The van der Waals surface area contributed by atoms with Crippen LogP contribution in [-0.4, -0.2) is 12.6 Å². The minimum atomic E-state index is -1.02. The molecule has 0 radical (unpaired) electrons. The standard InChI is InChI=1S/C13H16O3.Na/c1-2-7-16-12-10-6-4-3-5-9(10)8-11(12)13(14)15;/h3-6,11-12H,2,7-8H2,1H3,(H,14,15);/q;+1/p-1. The van der Waals surface area contributed by atoms with Gasteiger partial charge in [0.25, 0.3) is 0 Å². The van der Waals surface area contributed by atoms with E-state index in [2.05, 4.69) is 0 Å². The minimum Gasteiger partial charge on any atom is -0.550 e. The summed E-state index contributed by atoms with van der Waals surface area (Å²) in [4.78, 5) is 11.1. The number of ether oxygens (including phenoxy) is 1. The topological polar surface area (TPSA) is 49.4 Å². The maximum Gasteiger partial charge on any atom is 1.00 e. The second-order valence-electron chi connectivity index (χ2n) is 4.12. The monoisotopic (exact) mass is 242 g/mol. The number of aliphatic carboxylic acids is 1. The molecule has 2 rings (SSSR count). The van der Waals surface area contributed by atoms with Crippen molar-refractivity contribution in [3.8, 4) is 0 Å². The van der Waals surface area contributed by atoms with Crippen LogP contribution in [0.15, 0.2) is 24.3 Å². The summed E-state index contributed by atoms with van der Waals surface area (Å²) < 4.78 is 5.63. The van der Waals surface area contributed by atoms with Crippen LogP contribution in [0.3, 0.4) is 0 Å². The fourth-order valence-electron chi connectivity index (χ4n) is 2.22. The quantitative estimate of drug-likeness (QED) is 0.578. The Labute approximate surface area is 123 Å². The molecule has 0 bridgehead atoms. The summed E-state index contributed by atoms with van der Waals surface area (Å²) in [7, 11) is 0. The summed E-state index contributed by atoms with van der Waals surface area (Å²) in [5.41, 5.74) is 2.07. The van der Waals surface area contributed by atoms with E-state index in [9.17, 15) is 9.90 Å². The van der Waals surface area contributed by atoms with Crippen molar-refractivity contribution in [1.29, 1.82) is 0 Å². The molecule has 4 heteroatoms. The molecule has 0 amide bonds. The van der Waals surface area contributed by atoms with Crippen LogP contribution in [0.5, 0.6) is 0 Å². The number of hydrogen-bond acceptors (Lipinski definition) is 3. The van der Waals surface area contributed by atoms with E-state index >= 15 is 0 Å². The SMILES string of the molecule is CCCOC1c2ccccc2CC1C(=O)[O-].[Na+]. The van der Waals surface area contributed by atoms with E-state index < -0.39 is 11.9 Å². The summed E-state index contributed by atoms with van der Waals surface area (Å²) in [5.74, 6) is -1.55. The number of carboxylic acid groups (broad SMARTS) is 1. The number of carbonyl (C=O) groups is 1. The molecule has 1 aliphatic carbocycles. The Balaban J connectivity index is 0.00000144. The smallest absolute Gasteiger partial charge is 0.550 e. The van der Waals surface area contributed by atoms with Crippen LogP contribution < -0.4 is 34.7 Å². The Morgan fingerprint density at radius 1 is 1.47 bits per heavy atom. The first-order chi connectivity index (χ1) is 7.74. The number of fused-ring (bicyclic) bond motifs is 1. The van der Waals surface area contributed by atoms with Crippen molar-refractivity contribution in [2.45, 2.75) is 25.9 Å². The molecule has 0 heterocycles. The van der Waals surface area contributed by atoms with Gasteiger partial charge in [-0.3, -0.25) is 0 Å². The van der Waals surface area contributed by atoms with E-state index in [1.54, 1.807) is 0 Å². The maximum absolute atomic E-state index is 11.1. The van der Waals surface area contributed by atoms with E-state index in [1.165, 1.54) is 0 Å². The van der Waals surface area contributed by atoms with Crippen molar-refractivity contribution >= 4 is 5.97 Å². The first kappa shape index (κ1) is 14.7. The van der Waals surface area contributed by atoms with Gasteiger partial charge in [0.2, 0.25) is 0 Å². The zero-order valence-corrected chi connectivity index (χ0v) is 12.3. The summed E-state index contributed by atoms with van der Waals surface area (Å²) in [6.45, 7) is 2.59. The van der Waals surface area contributed by atoms with Gasteiger partial charge in [-0.25, -0.2) is 0 Å². The number of carbonyl (C=O) groups excluding carboxylic acids is 1. The maximum atomic E-state index is 11.1. The van der Waals surface area contributed by atoms with E-state index in [0.29, 0.717) is 13.0 Å². The van der Waals surface area contributed by atoms with Crippen molar-refractivity contribution in [1.82, 2.24) is 0 Å². The van der Waals surface area contributed by atoms with Crippen molar-refractivity contribution in [2.24, 2.45) is 5.92 Å². The average molecular weight is 242 g/mol. The van der Waals surface area contributed by atoms with Crippen molar-refractivity contribution < 1.29 is 44.2 Å². The minimum absolute atomic E-state index is 0. The molecule has 1 aromatic carbocycles. The van der Waals surface area contributed by atoms with Crippen LogP contribution in [0, 0.1) is 5.92 Å². The van der Waals surface area contributed by atoms with Crippen molar-refractivity contribution in [3.63, 3.8) is 0 Å². The normalized spacial score (nSPS) is 21.7. The zero-order valence-electron chi connectivity index (χ0n) is 10.3. The van der Waals surface area contributed by atoms with Crippen LogP contribution in [0.25, 0.3) is 0 Å². The van der Waals surface area contributed by atoms with Crippen LogP contribution in [0.2, 0.25) is 0 Å². The number of rotatable bonds is 4. The van der Waals surface area contributed by atoms with E-state index in [-0.39, 0.29) is 35.7 Å². The molecule has 0 aromatic heterocycles. The third-order valence-electron chi connectivity index (χ3n) is 2.97. The van der Waals surface area contributed by atoms with Gasteiger partial charge in [-0.05, 0) is 24.0 Å². The molecule has 0 N–H and O–H groups in total. The Hall–Kier alpha value is -0.350. The van der Waals surface area contributed by atoms with Gasteiger partial charge >= 0.3 is 29.6 Å². The number of benzene rings is 1. The Kier molecular flexibility index (Phi) is 5.67. The summed E-state index contributed by atoms with van der Waals surface area (Å²) in [6.07, 6.45) is 1.08. The second-order valence-corrected chi connectivity index (χ2v) is 4.12. The zero-order chi connectivity index (χ0) is 11.5. The van der Waals surface area contributed by atoms with Crippen LogP contribution in [-0.2, 0) is 16.0 Å². The molecular weight excluding hydrogens is 227 g/mol. The van der Waals surface area contributed by atoms with Gasteiger partial charge in [-0.2, -0.15) is 0 Å². The van der Waals surface area contributed by atoms with Gasteiger partial charge in [-0.1, -0.05) is 31.2 Å². The van der Waals surface area contributed by atoms with E-state index in [1.807, 2.05) is 31.2 Å². The second kappa shape index (κ2) is 6.55. The average Bonchev–Trinajstić information content (AvgIpc) is 2.65. The van der Waals surface area contributed by atoms with Crippen molar-refractivity contribution in [3.05, 3.63) is 35.4 Å². The molecule has 2 atom stereocenters. The molecule has 0 fully saturated rings. The molecule has 86 valence electrons. The third-order valence-corrected chi connectivity index (χ3v) is 2.97. The molecular formula is C13H15NaO3. The third kappa shape index (κ3) is 3.10. The predicted octanol–water partition coefficient (Wildman–Crippen LogP) is -1.92. The van der Waals surface area contributed by atoms with Gasteiger partial charge in [-0.15, -0.1) is 0 Å². The summed E-state index contributed by atoms with van der Waals surface area (Å²) in [5, 5.41) is 11.1. The predicted molar refractivity (Wildman–Crippen MR) is 57.6 cm³/mol. The Morgan fingerprint density at radius 2 is 2.18 bits per heavy atom. The van der Waals surface area contributed by atoms with Crippen LogP contribution in [0.1, 0.15) is 30.6 Å². The largest absolute Gasteiger partial charge is 1.00 e. The molecule has 0 saturated heterocycles. The Bertz CT molecular complexity index is 392. The Morgan fingerprint density at radius 3 is 2.82 bits per heavy atom. The van der Waals surface area contributed by atoms with Gasteiger partial charge in [0.15, 0.2) is 0 Å². The van der Waals surface area contributed by atoms with Gasteiger partial charge in [0, 0.05) is 18.5 Å². The summed E-state index contributed by atoms with van der Waals surface area (Å²) in [6, 6.07) is 7.74. The van der Waals surface area contributed by atoms with Gasteiger partial charge < -0.3 is 14.6 Å². The van der Waals surface area contributed by atoms with Crippen LogP contribution >= 0.6 is 0 Å². The van der Waals surface area contributed by atoms with E-state index in [0.717, 1.165) is 17.5 Å². The molecule has 3 nitrogen and oxygen atoms in total. The molecule has 2 unspecified atom stereocenters. The van der Waals surface area contributed by atoms with Gasteiger partial charge in [0.1, 0.15) is 0 Å². The number of hydrogen-bond donors (Lipinski definition) is 0. The molecule has 1 aliphatic rings. The molecule has 0 saturated carbocycles. The fraction of sp³-hybridized carbons (Fsp3) is 0.462. The molecule has 17 heavy (non-hydrogen) atoms. The van der Waals surface area contributed by atoms with E-state index in [4.69, 9.17) is 4.74 Å².